The number of hydrogen-bond acceptors (Lipinski definition) is 2. The topological polar surface area (TPSA) is 32.8 Å². The highest BCUT2D eigenvalue weighted by molar-refractivity contribution is 5.12. The zero-order valence-electron chi connectivity index (χ0n) is 7.26. The van der Waals surface area contributed by atoms with E-state index in [1.54, 1.807) is 0 Å². The van der Waals surface area contributed by atoms with E-state index in [2.05, 4.69) is 0 Å². The molecule has 2 nitrogen and oxygen atoms in total. The molecule has 1 saturated heterocycles. The van der Waals surface area contributed by atoms with Gasteiger partial charge in [0.1, 0.15) is 5.60 Å². The molecule has 2 aliphatic rings. The molecule has 2 heteroatoms. The zero-order valence-corrected chi connectivity index (χ0v) is 7.26. The first-order valence-corrected chi connectivity index (χ1v) is 4.49. The SMILES string of the molecule is C[C@@H]1O[C@]1(C)C1(O)CCCC1. The van der Waals surface area contributed by atoms with Crippen molar-refractivity contribution in [2.75, 3.05) is 0 Å². The van der Waals surface area contributed by atoms with Gasteiger partial charge in [0, 0.05) is 0 Å². The normalized spacial score (nSPS) is 47.7. The fourth-order valence-corrected chi connectivity index (χ4v) is 2.28. The molecule has 1 aliphatic heterocycles. The van der Waals surface area contributed by atoms with Crippen LogP contribution in [0, 0.1) is 0 Å². The Kier molecular flexibility index (Phi) is 1.37. The molecule has 64 valence electrons. The highest BCUT2D eigenvalue weighted by Gasteiger charge is 2.63. The Morgan fingerprint density at radius 3 is 2.18 bits per heavy atom. The summed E-state index contributed by atoms with van der Waals surface area (Å²) in [7, 11) is 0. The zero-order chi connectivity index (χ0) is 8.11. The van der Waals surface area contributed by atoms with Gasteiger partial charge in [-0.3, -0.25) is 0 Å². The van der Waals surface area contributed by atoms with Gasteiger partial charge in [0.05, 0.1) is 11.7 Å². The molecule has 2 rings (SSSR count). The minimum Gasteiger partial charge on any atom is -0.387 e. The Hall–Kier alpha value is -0.0800. The Morgan fingerprint density at radius 1 is 1.36 bits per heavy atom. The maximum absolute atomic E-state index is 10.1. The average molecular weight is 156 g/mol. The summed E-state index contributed by atoms with van der Waals surface area (Å²) >= 11 is 0. The molecular formula is C9H16O2. The molecule has 0 spiro atoms. The molecule has 2 atom stereocenters. The Balaban J connectivity index is 2.14. The number of rotatable bonds is 1. The number of epoxide rings is 1. The van der Waals surface area contributed by atoms with Gasteiger partial charge in [-0.2, -0.15) is 0 Å². The lowest BCUT2D eigenvalue weighted by molar-refractivity contribution is -0.0244. The van der Waals surface area contributed by atoms with Crippen LogP contribution in [0.2, 0.25) is 0 Å². The van der Waals surface area contributed by atoms with Crippen LogP contribution in [0.15, 0.2) is 0 Å². The van der Waals surface area contributed by atoms with Crippen LogP contribution in [0.25, 0.3) is 0 Å². The molecule has 1 aliphatic carbocycles. The summed E-state index contributed by atoms with van der Waals surface area (Å²) in [6.45, 7) is 4.07. The van der Waals surface area contributed by atoms with Crippen LogP contribution >= 0.6 is 0 Å². The molecule has 1 heterocycles. The van der Waals surface area contributed by atoms with E-state index in [1.165, 1.54) is 0 Å². The van der Waals surface area contributed by atoms with Crippen LogP contribution in [0.4, 0.5) is 0 Å². The maximum atomic E-state index is 10.1. The second-order valence-corrected chi connectivity index (χ2v) is 4.11. The minimum atomic E-state index is -0.508. The van der Waals surface area contributed by atoms with E-state index in [9.17, 15) is 5.11 Å². The molecule has 2 fully saturated rings. The largest absolute Gasteiger partial charge is 0.387 e. The van der Waals surface area contributed by atoms with Crippen molar-refractivity contribution >= 4 is 0 Å². The average Bonchev–Trinajstić information content (AvgIpc) is 2.46. The van der Waals surface area contributed by atoms with Gasteiger partial charge in [-0.15, -0.1) is 0 Å². The van der Waals surface area contributed by atoms with Gasteiger partial charge >= 0.3 is 0 Å². The van der Waals surface area contributed by atoms with Crippen LogP contribution in [0.5, 0.6) is 0 Å². The van der Waals surface area contributed by atoms with Crippen molar-refractivity contribution in [1.82, 2.24) is 0 Å². The standard InChI is InChI=1S/C9H16O2/c1-7-8(2,11-7)9(10)5-3-4-6-9/h7,10H,3-6H2,1-2H3/t7-,8-/m0/s1. The number of aliphatic hydroxyl groups is 1. The summed E-state index contributed by atoms with van der Waals surface area (Å²) in [5, 5.41) is 10.1. The lowest BCUT2D eigenvalue weighted by Gasteiger charge is -2.27. The van der Waals surface area contributed by atoms with E-state index in [-0.39, 0.29) is 11.7 Å². The lowest BCUT2D eigenvalue weighted by Crippen LogP contribution is -2.41. The quantitative estimate of drug-likeness (QED) is 0.583. The molecule has 1 saturated carbocycles. The molecule has 0 unspecified atom stereocenters. The summed E-state index contributed by atoms with van der Waals surface area (Å²) in [5.41, 5.74) is -0.726. The van der Waals surface area contributed by atoms with Gasteiger partial charge in [-0.05, 0) is 26.7 Å². The minimum absolute atomic E-state index is 0.219. The predicted molar refractivity (Wildman–Crippen MR) is 42.4 cm³/mol. The molecule has 0 aromatic carbocycles. The van der Waals surface area contributed by atoms with E-state index in [1.807, 2.05) is 13.8 Å². The first-order chi connectivity index (χ1) is 5.08. The molecule has 0 amide bonds. The molecular weight excluding hydrogens is 140 g/mol. The van der Waals surface area contributed by atoms with Crippen molar-refractivity contribution in [3.05, 3.63) is 0 Å². The van der Waals surface area contributed by atoms with E-state index in [0.29, 0.717) is 0 Å². The van der Waals surface area contributed by atoms with E-state index >= 15 is 0 Å². The highest BCUT2D eigenvalue weighted by Crippen LogP contribution is 2.51. The third-order valence-corrected chi connectivity index (χ3v) is 3.49. The third kappa shape index (κ3) is 0.859. The van der Waals surface area contributed by atoms with Crippen molar-refractivity contribution in [3.63, 3.8) is 0 Å². The Morgan fingerprint density at radius 2 is 1.82 bits per heavy atom. The molecule has 0 aromatic heterocycles. The van der Waals surface area contributed by atoms with E-state index < -0.39 is 5.60 Å². The number of ether oxygens (including phenoxy) is 1. The van der Waals surface area contributed by atoms with Gasteiger partial charge in [0.2, 0.25) is 0 Å². The third-order valence-electron chi connectivity index (χ3n) is 3.49. The smallest absolute Gasteiger partial charge is 0.120 e. The molecule has 0 aromatic rings. The second kappa shape index (κ2) is 1.99. The van der Waals surface area contributed by atoms with Gasteiger partial charge in [-0.25, -0.2) is 0 Å². The lowest BCUT2D eigenvalue weighted by atomic mass is 9.85. The maximum Gasteiger partial charge on any atom is 0.120 e. The van der Waals surface area contributed by atoms with E-state index in [0.717, 1.165) is 25.7 Å². The summed E-state index contributed by atoms with van der Waals surface area (Å²) in [6.07, 6.45) is 4.41. The Labute approximate surface area is 67.6 Å². The van der Waals surface area contributed by atoms with Gasteiger partial charge in [0.25, 0.3) is 0 Å². The van der Waals surface area contributed by atoms with Crippen LogP contribution in [-0.2, 0) is 4.74 Å². The van der Waals surface area contributed by atoms with Gasteiger partial charge < -0.3 is 9.84 Å². The van der Waals surface area contributed by atoms with Crippen LogP contribution in [0.3, 0.4) is 0 Å². The Bertz CT molecular complexity index is 172. The van der Waals surface area contributed by atoms with Crippen molar-refractivity contribution in [3.8, 4) is 0 Å². The van der Waals surface area contributed by atoms with Crippen LogP contribution in [-0.4, -0.2) is 22.4 Å². The van der Waals surface area contributed by atoms with Crippen molar-refractivity contribution in [2.45, 2.75) is 56.8 Å². The first-order valence-electron chi connectivity index (χ1n) is 4.49. The van der Waals surface area contributed by atoms with Gasteiger partial charge in [0.15, 0.2) is 0 Å². The molecule has 11 heavy (non-hydrogen) atoms. The molecule has 0 radical (unpaired) electrons. The summed E-state index contributed by atoms with van der Waals surface area (Å²) in [4.78, 5) is 0. The molecule has 1 N–H and O–H groups in total. The first kappa shape index (κ1) is 7.56. The predicted octanol–water partition coefficient (Wildman–Crippen LogP) is 1.47. The summed E-state index contributed by atoms with van der Waals surface area (Å²) < 4.78 is 5.44. The van der Waals surface area contributed by atoms with Crippen LogP contribution < -0.4 is 0 Å². The monoisotopic (exact) mass is 156 g/mol. The fourth-order valence-electron chi connectivity index (χ4n) is 2.28. The van der Waals surface area contributed by atoms with E-state index in [4.69, 9.17) is 4.74 Å². The highest BCUT2D eigenvalue weighted by atomic mass is 16.6. The van der Waals surface area contributed by atoms with Crippen molar-refractivity contribution in [1.29, 1.82) is 0 Å². The summed E-state index contributed by atoms with van der Waals surface area (Å²) in [5.74, 6) is 0. The fraction of sp³-hybridized carbons (Fsp3) is 1.00. The summed E-state index contributed by atoms with van der Waals surface area (Å²) in [6, 6.07) is 0. The second-order valence-electron chi connectivity index (χ2n) is 4.11. The molecule has 0 bridgehead atoms. The van der Waals surface area contributed by atoms with Gasteiger partial charge in [-0.1, -0.05) is 12.8 Å². The van der Waals surface area contributed by atoms with Crippen LogP contribution in [0.1, 0.15) is 39.5 Å². The van der Waals surface area contributed by atoms with Crippen molar-refractivity contribution in [2.24, 2.45) is 0 Å². The van der Waals surface area contributed by atoms with Crippen molar-refractivity contribution < 1.29 is 9.84 Å². The number of hydrogen-bond donors (Lipinski definition) is 1.